The second kappa shape index (κ2) is 9.23. The molecule has 3 rings (SSSR count). The largest absolute Gasteiger partial charge is 0.505 e. The van der Waals surface area contributed by atoms with Crippen molar-refractivity contribution in [2.24, 2.45) is 0 Å². The number of amides is 1. The van der Waals surface area contributed by atoms with Crippen LogP contribution in [0.4, 0.5) is 22.7 Å². The lowest BCUT2D eigenvalue weighted by molar-refractivity contribution is 0.0719. The van der Waals surface area contributed by atoms with E-state index in [4.69, 9.17) is 0 Å². The maximum absolute atomic E-state index is 12.8. The molecule has 0 unspecified atom stereocenters. The van der Waals surface area contributed by atoms with Gasteiger partial charge < -0.3 is 25.7 Å². The summed E-state index contributed by atoms with van der Waals surface area (Å²) in [4.78, 5) is 38.3. The monoisotopic (exact) mass is 409 g/mol. The number of aliphatic hydroxyl groups is 1. The van der Waals surface area contributed by atoms with Crippen LogP contribution < -0.4 is 21.5 Å². The Kier molecular flexibility index (Phi) is 6.48. The second-order valence-corrected chi connectivity index (χ2v) is 6.74. The summed E-state index contributed by atoms with van der Waals surface area (Å²) in [5, 5.41) is 25.5. The van der Waals surface area contributed by atoms with Crippen molar-refractivity contribution in [3.05, 3.63) is 74.5 Å². The molecule has 8 nitrogen and oxygen atoms in total. The van der Waals surface area contributed by atoms with Crippen molar-refractivity contribution in [1.82, 2.24) is 4.90 Å². The molecule has 0 aliphatic heterocycles. The van der Waals surface area contributed by atoms with Gasteiger partial charge in [-0.25, -0.2) is 0 Å². The molecule has 156 valence electrons. The predicted molar refractivity (Wildman–Crippen MR) is 116 cm³/mol. The first-order chi connectivity index (χ1) is 14.5. The number of phenols is 1. The zero-order chi connectivity index (χ0) is 21.7. The molecular weight excluding hydrogens is 386 g/mol. The lowest BCUT2D eigenvalue weighted by Gasteiger charge is -2.22. The number of rotatable bonds is 9. The molecule has 0 fully saturated rings. The number of carbonyl (C=O) groups is 1. The van der Waals surface area contributed by atoms with Crippen LogP contribution in [0.1, 0.15) is 23.7 Å². The smallest absolute Gasteiger partial charge is 0.257 e. The number of benzene rings is 2. The van der Waals surface area contributed by atoms with Gasteiger partial charge in [0, 0.05) is 18.8 Å². The molecule has 4 N–H and O–H groups in total. The van der Waals surface area contributed by atoms with Crippen molar-refractivity contribution in [3.63, 3.8) is 0 Å². The van der Waals surface area contributed by atoms with Gasteiger partial charge in [-0.3, -0.25) is 14.4 Å². The Labute approximate surface area is 173 Å². The highest BCUT2D eigenvalue weighted by atomic mass is 16.3. The zero-order valence-corrected chi connectivity index (χ0v) is 16.5. The number of phenolic OH excluding ortho intramolecular Hbond substituents is 1. The molecule has 0 saturated heterocycles. The van der Waals surface area contributed by atoms with Gasteiger partial charge in [0.1, 0.15) is 11.4 Å². The number of para-hydroxylation sites is 2. The predicted octanol–water partition coefficient (Wildman–Crippen LogP) is 2.32. The number of aromatic hydroxyl groups is 1. The molecule has 0 aliphatic carbocycles. The van der Waals surface area contributed by atoms with Crippen molar-refractivity contribution >= 4 is 28.7 Å². The van der Waals surface area contributed by atoms with Crippen LogP contribution in [0.2, 0.25) is 0 Å². The molecule has 3 aromatic carbocycles. The number of aliphatic hydroxyl groups excluding tert-OH is 1. The van der Waals surface area contributed by atoms with Crippen LogP contribution in [0.3, 0.4) is 0 Å². The van der Waals surface area contributed by atoms with Crippen LogP contribution in [0.15, 0.2) is 58.1 Å². The van der Waals surface area contributed by atoms with Gasteiger partial charge in [0.05, 0.1) is 17.9 Å². The highest BCUT2D eigenvalue weighted by Crippen LogP contribution is 2.32. The van der Waals surface area contributed by atoms with E-state index < -0.39 is 16.8 Å². The lowest BCUT2D eigenvalue weighted by atomic mass is 10.1. The summed E-state index contributed by atoms with van der Waals surface area (Å²) in [5.74, 6) is -0.764. The van der Waals surface area contributed by atoms with Gasteiger partial charge in [-0.2, -0.15) is 0 Å². The van der Waals surface area contributed by atoms with E-state index in [1.165, 1.54) is 17.0 Å². The Morgan fingerprint density at radius 2 is 1.60 bits per heavy atom. The van der Waals surface area contributed by atoms with Gasteiger partial charge in [-0.15, -0.1) is 0 Å². The fraction of sp³-hybridized carbons (Fsp3) is 0.227. The Bertz CT molecular complexity index is 1100. The van der Waals surface area contributed by atoms with Crippen LogP contribution in [-0.4, -0.2) is 40.7 Å². The average Bonchev–Trinajstić information content (AvgIpc) is 2.77. The van der Waals surface area contributed by atoms with E-state index in [-0.39, 0.29) is 41.5 Å². The van der Waals surface area contributed by atoms with Gasteiger partial charge >= 0.3 is 0 Å². The Morgan fingerprint density at radius 3 is 2.23 bits per heavy atom. The molecule has 3 aromatic rings. The van der Waals surface area contributed by atoms with Crippen LogP contribution >= 0.6 is 0 Å². The second-order valence-electron chi connectivity index (χ2n) is 6.74. The van der Waals surface area contributed by atoms with Gasteiger partial charge in [0.2, 0.25) is 0 Å². The van der Waals surface area contributed by atoms with Crippen LogP contribution in [-0.2, 0) is 0 Å². The fourth-order valence-electron chi connectivity index (χ4n) is 3.12. The van der Waals surface area contributed by atoms with E-state index >= 15 is 0 Å². The first kappa shape index (κ1) is 21.1. The summed E-state index contributed by atoms with van der Waals surface area (Å²) in [6, 6.07) is 13.4. The third-order valence-corrected chi connectivity index (χ3v) is 4.63. The zero-order valence-electron chi connectivity index (χ0n) is 16.5. The van der Waals surface area contributed by atoms with Gasteiger partial charge in [-0.1, -0.05) is 31.2 Å². The summed E-state index contributed by atoms with van der Waals surface area (Å²) < 4.78 is 0. The van der Waals surface area contributed by atoms with Gasteiger partial charge in [0.15, 0.2) is 5.75 Å². The molecule has 1 amide bonds. The van der Waals surface area contributed by atoms with E-state index in [2.05, 4.69) is 10.6 Å². The molecule has 0 atom stereocenters. The Balaban J connectivity index is 1.88. The minimum atomic E-state index is -0.711. The quantitative estimate of drug-likeness (QED) is 0.316. The molecule has 8 heteroatoms. The van der Waals surface area contributed by atoms with E-state index in [1.807, 2.05) is 13.0 Å². The SMILES string of the molecule is CCCN(CCO)C(=O)c1cccc(Nc2c(Nc3ccccc3)c(=O)c2=O)c1O. The number of carbonyl (C=O) groups excluding carboxylic acids is 1. The first-order valence-corrected chi connectivity index (χ1v) is 9.62. The molecule has 0 radical (unpaired) electrons. The van der Waals surface area contributed by atoms with Crippen molar-refractivity contribution in [2.45, 2.75) is 13.3 Å². The summed E-state index contributed by atoms with van der Waals surface area (Å²) in [7, 11) is 0. The van der Waals surface area contributed by atoms with Gasteiger partial charge in [-0.05, 0) is 30.7 Å². The van der Waals surface area contributed by atoms with Gasteiger partial charge in [0.25, 0.3) is 16.8 Å². The standard InChI is InChI=1S/C22H23N3O5/c1-2-11-25(12-13-26)22(30)15-9-6-10-16(19(15)27)24-18-17(20(28)21(18)29)23-14-7-4-3-5-8-14/h3-10,23-24,26-27H,2,11-13H2,1H3. The Morgan fingerprint density at radius 1 is 0.933 bits per heavy atom. The number of nitrogens with one attached hydrogen (secondary N) is 2. The molecule has 0 bridgehead atoms. The summed E-state index contributed by atoms with van der Waals surface area (Å²) >= 11 is 0. The number of hydrogen-bond donors (Lipinski definition) is 4. The average molecular weight is 409 g/mol. The third-order valence-electron chi connectivity index (χ3n) is 4.63. The molecule has 0 heterocycles. The maximum atomic E-state index is 12.8. The number of anilines is 4. The topological polar surface area (TPSA) is 119 Å². The number of hydrogen-bond acceptors (Lipinski definition) is 7. The van der Waals surface area contributed by atoms with Crippen molar-refractivity contribution in [3.8, 4) is 5.75 Å². The summed E-state index contributed by atoms with van der Waals surface area (Å²) in [6.45, 7) is 2.29. The van der Waals surface area contributed by atoms with Crippen molar-refractivity contribution in [1.29, 1.82) is 0 Å². The van der Waals surface area contributed by atoms with E-state index in [1.54, 1.807) is 30.3 Å². The third kappa shape index (κ3) is 4.18. The molecule has 0 saturated carbocycles. The van der Waals surface area contributed by atoms with Crippen LogP contribution in [0.25, 0.3) is 0 Å². The van der Waals surface area contributed by atoms with Crippen LogP contribution in [0, 0.1) is 0 Å². The fourth-order valence-corrected chi connectivity index (χ4v) is 3.12. The highest BCUT2D eigenvalue weighted by Gasteiger charge is 2.24. The molecule has 30 heavy (non-hydrogen) atoms. The van der Waals surface area contributed by atoms with E-state index in [0.717, 1.165) is 0 Å². The maximum Gasteiger partial charge on any atom is 0.257 e. The summed E-state index contributed by atoms with van der Waals surface area (Å²) in [5.41, 5.74) is -0.454. The molecular formula is C22H23N3O5. The Hall–Kier alpha value is -3.65. The van der Waals surface area contributed by atoms with Crippen LogP contribution in [0.5, 0.6) is 5.75 Å². The minimum absolute atomic E-state index is 0.0181. The molecule has 0 aliphatic rings. The first-order valence-electron chi connectivity index (χ1n) is 9.62. The minimum Gasteiger partial charge on any atom is -0.505 e. The molecule has 0 aromatic heterocycles. The summed E-state index contributed by atoms with van der Waals surface area (Å²) in [6.07, 6.45) is 0.697. The number of nitrogens with zero attached hydrogens (tertiary/aromatic N) is 1. The van der Waals surface area contributed by atoms with Crippen molar-refractivity contribution in [2.75, 3.05) is 30.3 Å². The normalized spacial score (nSPS) is 10.7. The highest BCUT2D eigenvalue weighted by molar-refractivity contribution is 5.99. The van der Waals surface area contributed by atoms with Crippen molar-refractivity contribution < 1.29 is 15.0 Å². The van der Waals surface area contributed by atoms with E-state index in [9.17, 15) is 24.6 Å². The lowest BCUT2D eigenvalue weighted by Crippen LogP contribution is -2.36. The van der Waals surface area contributed by atoms with E-state index in [0.29, 0.717) is 18.7 Å². The molecule has 0 spiro atoms.